The molecular weight excluding hydrogens is 348 g/mol. The summed E-state index contributed by atoms with van der Waals surface area (Å²) in [5, 5.41) is 4.06. The molecule has 4 nitrogen and oxygen atoms in total. The first kappa shape index (κ1) is 19.5. The molecule has 1 N–H and O–H groups in total. The number of benzene rings is 1. The Balaban J connectivity index is 1.78. The van der Waals surface area contributed by atoms with Crippen LogP contribution >= 0.6 is 11.6 Å². The first-order valence-corrected chi connectivity index (χ1v) is 10.4. The number of halogens is 1. The molecule has 26 heavy (non-hydrogen) atoms. The molecular formula is C21H31ClN2O2. The van der Waals surface area contributed by atoms with Crippen LogP contribution in [0.4, 0.5) is 0 Å². The van der Waals surface area contributed by atoms with Crippen LogP contribution in [0.25, 0.3) is 0 Å². The summed E-state index contributed by atoms with van der Waals surface area (Å²) in [6, 6.07) is 4.12. The number of ether oxygens (including phenoxy) is 1. The van der Waals surface area contributed by atoms with E-state index in [2.05, 4.69) is 25.2 Å². The van der Waals surface area contributed by atoms with Crippen molar-refractivity contribution < 1.29 is 9.53 Å². The van der Waals surface area contributed by atoms with Crippen molar-refractivity contribution in [3.05, 3.63) is 28.3 Å². The van der Waals surface area contributed by atoms with Gasteiger partial charge in [-0.05, 0) is 61.8 Å². The molecule has 2 heterocycles. The summed E-state index contributed by atoms with van der Waals surface area (Å²) in [5.41, 5.74) is 2.28. The van der Waals surface area contributed by atoms with E-state index < -0.39 is 0 Å². The first-order valence-electron chi connectivity index (χ1n) is 10.0. The Bertz CT molecular complexity index is 627. The lowest BCUT2D eigenvalue weighted by Crippen LogP contribution is -2.49. The van der Waals surface area contributed by atoms with Crippen molar-refractivity contribution in [1.29, 1.82) is 0 Å². The van der Waals surface area contributed by atoms with Crippen molar-refractivity contribution in [1.82, 2.24) is 10.2 Å². The highest BCUT2D eigenvalue weighted by Crippen LogP contribution is 2.34. The Kier molecular flexibility index (Phi) is 6.82. The van der Waals surface area contributed by atoms with E-state index in [0.29, 0.717) is 17.5 Å². The van der Waals surface area contributed by atoms with Crippen LogP contribution in [0, 0.1) is 5.92 Å². The molecule has 5 heteroatoms. The maximum atomic E-state index is 13.1. The van der Waals surface area contributed by atoms with Gasteiger partial charge >= 0.3 is 0 Å². The normalized spacial score (nSPS) is 20.2. The molecule has 1 fully saturated rings. The van der Waals surface area contributed by atoms with Crippen LogP contribution in [0.15, 0.2) is 12.1 Å². The second kappa shape index (κ2) is 9.09. The number of rotatable bonds is 5. The molecule has 3 rings (SSSR count). The lowest BCUT2D eigenvalue weighted by molar-refractivity contribution is -0.135. The van der Waals surface area contributed by atoms with Gasteiger partial charge in [-0.25, -0.2) is 0 Å². The third-order valence-corrected chi connectivity index (χ3v) is 5.43. The SMILES string of the molecule is CC(C)CN(Cc1cc(Cl)c2c(c1)CCCCO2)C(=O)C1CCCCN1. The van der Waals surface area contributed by atoms with Crippen molar-refractivity contribution in [2.24, 2.45) is 5.92 Å². The van der Waals surface area contributed by atoms with Crippen molar-refractivity contribution in [2.45, 2.75) is 65.0 Å². The van der Waals surface area contributed by atoms with Crippen molar-refractivity contribution in [3.63, 3.8) is 0 Å². The lowest BCUT2D eigenvalue weighted by Gasteiger charge is -2.31. The fourth-order valence-electron chi connectivity index (χ4n) is 3.92. The van der Waals surface area contributed by atoms with Gasteiger partial charge in [-0.1, -0.05) is 37.9 Å². The molecule has 1 amide bonds. The van der Waals surface area contributed by atoms with Gasteiger partial charge in [0.25, 0.3) is 0 Å². The topological polar surface area (TPSA) is 41.6 Å². The maximum Gasteiger partial charge on any atom is 0.240 e. The molecule has 2 aliphatic rings. The van der Waals surface area contributed by atoms with E-state index in [1.807, 2.05) is 11.0 Å². The van der Waals surface area contributed by atoms with Gasteiger partial charge in [0, 0.05) is 13.1 Å². The number of aryl methyl sites for hydroxylation is 1. The van der Waals surface area contributed by atoms with Gasteiger partial charge in [0.15, 0.2) is 0 Å². The Hall–Kier alpha value is -1.26. The minimum Gasteiger partial charge on any atom is -0.492 e. The number of hydrogen-bond acceptors (Lipinski definition) is 3. The fourth-order valence-corrected chi connectivity index (χ4v) is 4.24. The molecule has 0 saturated carbocycles. The van der Waals surface area contributed by atoms with Gasteiger partial charge in [-0.15, -0.1) is 0 Å². The van der Waals surface area contributed by atoms with E-state index in [4.69, 9.17) is 16.3 Å². The number of amides is 1. The summed E-state index contributed by atoms with van der Waals surface area (Å²) in [4.78, 5) is 15.1. The van der Waals surface area contributed by atoms with Gasteiger partial charge in [-0.2, -0.15) is 0 Å². The maximum absolute atomic E-state index is 13.1. The average Bonchev–Trinajstić information content (AvgIpc) is 2.87. The summed E-state index contributed by atoms with van der Waals surface area (Å²) in [6.07, 6.45) is 6.39. The summed E-state index contributed by atoms with van der Waals surface area (Å²) < 4.78 is 5.82. The van der Waals surface area contributed by atoms with Crippen LogP contribution < -0.4 is 10.1 Å². The van der Waals surface area contributed by atoms with E-state index in [1.54, 1.807) is 0 Å². The second-order valence-electron chi connectivity index (χ2n) is 7.99. The summed E-state index contributed by atoms with van der Waals surface area (Å²) in [6.45, 7) is 7.37. The van der Waals surface area contributed by atoms with Crippen LogP contribution in [-0.2, 0) is 17.8 Å². The molecule has 1 saturated heterocycles. The fraction of sp³-hybridized carbons (Fsp3) is 0.667. The van der Waals surface area contributed by atoms with E-state index >= 15 is 0 Å². The number of carbonyl (C=O) groups excluding carboxylic acids is 1. The third kappa shape index (κ3) is 4.92. The Morgan fingerprint density at radius 2 is 2.15 bits per heavy atom. The highest BCUT2D eigenvalue weighted by molar-refractivity contribution is 6.32. The van der Waals surface area contributed by atoms with Gasteiger partial charge < -0.3 is 15.0 Å². The van der Waals surface area contributed by atoms with E-state index in [-0.39, 0.29) is 11.9 Å². The zero-order valence-electron chi connectivity index (χ0n) is 16.0. The van der Waals surface area contributed by atoms with Crippen LogP contribution in [0.1, 0.15) is 57.1 Å². The zero-order chi connectivity index (χ0) is 18.5. The van der Waals surface area contributed by atoms with Crippen molar-refractivity contribution >= 4 is 17.5 Å². The summed E-state index contributed by atoms with van der Waals surface area (Å²) in [5.74, 6) is 1.49. The standard InChI is InChI=1S/C21H31ClN2O2/c1-15(2)13-24(21(25)19-8-3-5-9-23-19)14-16-11-17-7-4-6-10-26-20(17)18(22)12-16/h11-12,15,19,23H,3-10,13-14H2,1-2H3. The molecule has 0 aromatic heterocycles. The molecule has 1 aromatic rings. The van der Waals surface area contributed by atoms with Crippen molar-refractivity contribution in [2.75, 3.05) is 19.7 Å². The number of nitrogens with one attached hydrogen (secondary N) is 1. The summed E-state index contributed by atoms with van der Waals surface area (Å²) >= 11 is 6.50. The van der Waals surface area contributed by atoms with E-state index in [0.717, 1.165) is 69.5 Å². The highest BCUT2D eigenvalue weighted by Gasteiger charge is 2.26. The highest BCUT2D eigenvalue weighted by atomic mass is 35.5. The number of nitrogens with zero attached hydrogens (tertiary/aromatic N) is 1. The van der Waals surface area contributed by atoms with Gasteiger partial charge in [0.1, 0.15) is 5.75 Å². The number of fused-ring (bicyclic) bond motifs is 1. The molecule has 0 bridgehead atoms. The Morgan fingerprint density at radius 3 is 2.88 bits per heavy atom. The van der Waals surface area contributed by atoms with Crippen LogP contribution in [0.3, 0.4) is 0 Å². The number of piperidine rings is 1. The molecule has 1 unspecified atom stereocenters. The monoisotopic (exact) mass is 378 g/mol. The Morgan fingerprint density at radius 1 is 1.31 bits per heavy atom. The molecule has 0 radical (unpaired) electrons. The molecule has 0 spiro atoms. The third-order valence-electron chi connectivity index (χ3n) is 5.15. The van der Waals surface area contributed by atoms with Crippen LogP contribution in [0.5, 0.6) is 5.75 Å². The zero-order valence-corrected chi connectivity index (χ0v) is 16.8. The quantitative estimate of drug-likeness (QED) is 0.835. The van der Waals surface area contributed by atoms with Crippen LogP contribution in [0.2, 0.25) is 5.02 Å². The lowest BCUT2D eigenvalue weighted by atomic mass is 10.0. The largest absolute Gasteiger partial charge is 0.492 e. The van der Waals surface area contributed by atoms with E-state index in [9.17, 15) is 4.79 Å². The molecule has 0 aliphatic carbocycles. The van der Waals surface area contributed by atoms with Crippen LogP contribution in [-0.4, -0.2) is 36.5 Å². The first-order chi connectivity index (χ1) is 12.5. The predicted octanol–water partition coefficient (Wildman–Crippen LogP) is 4.18. The van der Waals surface area contributed by atoms with Gasteiger partial charge in [0.2, 0.25) is 5.91 Å². The molecule has 2 aliphatic heterocycles. The minimum atomic E-state index is -0.0397. The van der Waals surface area contributed by atoms with Gasteiger partial charge in [-0.3, -0.25) is 4.79 Å². The van der Waals surface area contributed by atoms with Gasteiger partial charge in [0.05, 0.1) is 17.7 Å². The number of carbonyl (C=O) groups is 1. The second-order valence-corrected chi connectivity index (χ2v) is 8.39. The smallest absolute Gasteiger partial charge is 0.240 e. The summed E-state index contributed by atoms with van der Waals surface area (Å²) in [7, 11) is 0. The average molecular weight is 379 g/mol. The van der Waals surface area contributed by atoms with E-state index in [1.165, 1.54) is 5.56 Å². The Labute approximate surface area is 162 Å². The molecule has 144 valence electrons. The molecule has 1 aromatic carbocycles. The minimum absolute atomic E-state index is 0.0397. The number of hydrogen-bond donors (Lipinski definition) is 1. The molecule has 1 atom stereocenters. The van der Waals surface area contributed by atoms with Crippen molar-refractivity contribution in [3.8, 4) is 5.75 Å². The predicted molar refractivity (Wildman–Crippen MR) is 106 cm³/mol.